The quantitative estimate of drug-likeness (QED) is 0.480. The van der Waals surface area contributed by atoms with E-state index in [-0.39, 0.29) is 17.7 Å². The smallest absolute Gasteiger partial charge is 0.232 e. The number of carbonyl (C=O) groups is 1. The Morgan fingerprint density at radius 2 is 1.97 bits per heavy atom. The summed E-state index contributed by atoms with van der Waals surface area (Å²) in [5, 5.41) is 5.06. The van der Waals surface area contributed by atoms with Gasteiger partial charge in [-0.15, -0.1) is 0 Å². The number of anilines is 1. The van der Waals surface area contributed by atoms with E-state index < -0.39 is 0 Å². The summed E-state index contributed by atoms with van der Waals surface area (Å²) in [5.74, 6) is 0.459. The number of thiazole rings is 1. The number of nitrogens with zero attached hydrogens (tertiary/aromatic N) is 4. The third-order valence-electron chi connectivity index (χ3n) is 5.51. The highest BCUT2D eigenvalue weighted by Gasteiger charge is 2.47. The Hall–Kier alpha value is -2.99. The molecular formula is C23H22N4OS. The molecule has 1 saturated carbocycles. The second-order valence-corrected chi connectivity index (χ2v) is 8.59. The molecule has 0 radical (unpaired) electrons. The molecule has 0 spiro atoms. The zero-order chi connectivity index (χ0) is 19.8. The highest BCUT2D eigenvalue weighted by Crippen LogP contribution is 2.49. The number of benzene rings is 2. The lowest BCUT2D eigenvalue weighted by atomic mass is 10.1. The van der Waals surface area contributed by atoms with Crippen molar-refractivity contribution in [2.24, 2.45) is 13.0 Å². The average molecular weight is 403 g/mol. The lowest BCUT2D eigenvalue weighted by Gasteiger charge is -2.20. The van der Waals surface area contributed by atoms with E-state index in [1.54, 1.807) is 16.0 Å². The fourth-order valence-corrected chi connectivity index (χ4v) is 4.83. The number of amides is 1. The second-order valence-electron chi connectivity index (χ2n) is 7.59. The van der Waals surface area contributed by atoms with E-state index >= 15 is 0 Å². The van der Waals surface area contributed by atoms with Crippen molar-refractivity contribution in [1.82, 2.24) is 14.8 Å². The van der Waals surface area contributed by atoms with Gasteiger partial charge in [-0.3, -0.25) is 14.4 Å². The molecule has 1 fully saturated rings. The molecule has 2 aromatic heterocycles. The highest BCUT2D eigenvalue weighted by atomic mass is 32.1. The number of hydrogen-bond donors (Lipinski definition) is 0. The summed E-state index contributed by atoms with van der Waals surface area (Å²) in [6.45, 7) is 0.638. The first-order chi connectivity index (χ1) is 14.2. The molecule has 2 heterocycles. The molecule has 1 aliphatic rings. The largest absolute Gasteiger partial charge is 0.288 e. The molecule has 1 aliphatic carbocycles. The Bertz CT molecular complexity index is 1120. The van der Waals surface area contributed by atoms with Gasteiger partial charge in [0.25, 0.3) is 0 Å². The molecule has 4 aromatic rings. The summed E-state index contributed by atoms with van der Waals surface area (Å²) in [5.41, 5.74) is 3.33. The first kappa shape index (κ1) is 18.1. The van der Waals surface area contributed by atoms with Crippen molar-refractivity contribution in [2.45, 2.75) is 18.8 Å². The molecule has 1 amide bonds. The van der Waals surface area contributed by atoms with E-state index in [0.717, 1.165) is 33.8 Å². The predicted molar refractivity (Wildman–Crippen MR) is 116 cm³/mol. The molecule has 0 N–H and O–H groups in total. The van der Waals surface area contributed by atoms with Gasteiger partial charge in [0.05, 0.1) is 16.4 Å². The maximum atomic E-state index is 13.5. The van der Waals surface area contributed by atoms with Crippen LogP contribution < -0.4 is 4.90 Å². The van der Waals surface area contributed by atoms with E-state index in [1.165, 1.54) is 5.56 Å². The third kappa shape index (κ3) is 3.68. The maximum Gasteiger partial charge on any atom is 0.232 e. The molecule has 0 saturated heterocycles. The minimum atomic E-state index is 0.0157. The molecule has 2 atom stereocenters. The monoisotopic (exact) mass is 402 g/mol. The van der Waals surface area contributed by atoms with Gasteiger partial charge in [-0.05, 0) is 42.0 Å². The molecule has 5 nitrogen and oxygen atoms in total. The van der Waals surface area contributed by atoms with Gasteiger partial charge in [-0.25, -0.2) is 4.98 Å². The number of fused-ring (bicyclic) bond motifs is 1. The van der Waals surface area contributed by atoms with Crippen LogP contribution in [0.2, 0.25) is 0 Å². The summed E-state index contributed by atoms with van der Waals surface area (Å²) in [6, 6.07) is 18.4. The Morgan fingerprint density at radius 3 is 2.72 bits per heavy atom. The second kappa shape index (κ2) is 7.44. The van der Waals surface area contributed by atoms with E-state index in [1.807, 2.05) is 60.7 Å². The number of para-hydroxylation sites is 1. The molecule has 29 heavy (non-hydrogen) atoms. The summed E-state index contributed by atoms with van der Waals surface area (Å²) in [7, 11) is 1.91. The van der Waals surface area contributed by atoms with Crippen LogP contribution in [0.3, 0.4) is 0 Å². The van der Waals surface area contributed by atoms with Crippen molar-refractivity contribution in [3.05, 3.63) is 78.1 Å². The van der Waals surface area contributed by atoms with Crippen LogP contribution in [0, 0.1) is 5.92 Å². The number of hydrogen-bond acceptors (Lipinski definition) is 4. The van der Waals surface area contributed by atoms with Crippen LogP contribution in [0.5, 0.6) is 0 Å². The first-order valence-corrected chi connectivity index (χ1v) is 10.7. The van der Waals surface area contributed by atoms with Gasteiger partial charge in [0.2, 0.25) is 5.91 Å². The molecule has 146 valence electrons. The van der Waals surface area contributed by atoms with Gasteiger partial charge < -0.3 is 0 Å². The van der Waals surface area contributed by atoms with Crippen LogP contribution in [-0.2, 0) is 18.3 Å². The van der Waals surface area contributed by atoms with Gasteiger partial charge in [0.15, 0.2) is 5.13 Å². The minimum absolute atomic E-state index is 0.0157. The van der Waals surface area contributed by atoms with Crippen LogP contribution in [-0.4, -0.2) is 27.2 Å². The number of carbonyl (C=O) groups excluding carboxylic acids is 1. The normalized spacial score (nSPS) is 18.1. The zero-order valence-corrected chi connectivity index (χ0v) is 17.0. The SMILES string of the molecule is Cn1cc(C2CC2C(=O)N(CCc2ccccc2)c2nc3ccccc3s2)cn1. The fourth-order valence-electron chi connectivity index (χ4n) is 3.83. The van der Waals surface area contributed by atoms with Crippen molar-refractivity contribution in [2.75, 3.05) is 11.4 Å². The molecule has 0 aliphatic heterocycles. The molecule has 5 rings (SSSR count). The maximum absolute atomic E-state index is 13.5. The van der Waals surface area contributed by atoms with Crippen LogP contribution in [0.15, 0.2) is 67.0 Å². The van der Waals surface area contributed by atoms with E-state index in [9.17, 15) is 4.79 Å². The van der Waals surface area contributed by atoms with Crippen molar-refractivity contribution >= 4 is 32.6 Å². The van der Waals surface area contributed by atoms with Gasteiger partial charge in [-0.1, -0.05) is 53.8 Å². The van der Waals surface area contributed by atoms with Crippen molar-refractivity contribution in [3.8, 4) is 0 Å². The summed E-state index contributed by atoms with van der Waals surface area (Å²) < 4.78 is 2.91. The van der Waals surface area contributed by atoms with E-state index in [4.69, 9.17) is 4.98 Å². The van der Waals surface area contributed by atoms with Crippen molar-refractivity contribution in [1.29, 1.82) is 0 Å². The Balaban J connectivity index is 1.41. The number of aromatic nitrogens is 3. The Labute approximate surface area is 173 Å². The number of aryl methyl sites for hydroxylation is 1. The standard InChI is InChI=1S/C23H22N4OS/c1-26-15-17(14-24-26)18-13-19(18)22(28)27(12-11-16-7-3-2-4-8-16)23-25-20-9-5-6-10-21(20)29-23/h2-10,14-15,18-19H,11-13H2,1H3. The molecular weight excluding hydrogens is 380 g/mol. The Morgan fingerprint density at radius 1 is 1.17 bits per heavy atom. The topological polar surface area (TPSA) is 51.0 Å². The average Bonchev–Trinajstić information content (AvgIpc) is 3.23. The van der Waals surface area contributed by atoms with E-state index in [2.05, 4.69) is 23.3 Å². The van der Waals surface area contributed by atoms with Crippen molar-refractivity contribution in [3.63, 3.8) is 0 Å². The van der Waals surface area contributed by atoms with Gasteiger partial charge in [-0.2, -0.15) is 5.10 Å². The summed E-state index contributed by atoms with van der Waals surface area (Å²) in [4.78, 5) is 20.1. The number of rotatable bonds is 6. The first-order valence-electron chi connectivity index (χ1n) is 9.88. The van der Waals surface area contributed by atoms with Gasteiger partial charge in [0, 0.05) is 25.7 Å². The predicted octanol–water partition coefficient (Wildman–Crippen LogP) is 4.41. The van der Waals surface area contributed by atoms with Crippen LogP contribution in [0.4, 0.5) is 5.13 Å². The lowest BCUT2D eigenvalue weighted by molar-refractivity contribution is -0.119. The van der Waals surface area contributed by atoms with Gasteiger partial charge >= 0.3 is 0 Å². The molecule has 2 aromatic carbocycles. The van der Waals surface area contributed by atoms with E-state index in [0.29, 0.717) is 6.54 Å². The third-order valence-corrected chi connectivity index (χ3v) is 6.57. The minimum Gasteiger partial charge on any atom is -0.288 e. The zero-order valence-electron chi connectivity index (χ0n) is 16.2. The summed E-state index contributed by atoms with van der Waals surface area (Å²) in [6.07, 6.45) is 5.60. The van der Waals surface area contributed by atoms with Crippen LogP contribution in [0.25, 0.3) is 10.2 Å². The summed E-state index contributed by atoms with van der Waals surface area (Å²) >= 11 is 1.59. The molecule has 0 bridgehead atoms. The van der Waals surface area contributed by atoms with Gasteiger partial charge in [0.1, 0.15) is 0 Å². The Kier molecular flexibility index (Phi) is 4.64. The highest BCUT2D eigenvalue weighted by molar-refractivity contribution is 7.22. The molecule has 6 heteroatoms. The fraction of sp³-hybridized carbons (Fsp3) is 0.261. The lowest BCUT2D eigenvalue weighted by Crippen LogP contribution is -2.34. The molecule has 2 unspecified atom stereocenters. The van der Waals surface area contributed by atoms with Crippen LogP contribution in [0.1, 0.15) is 23.5 Å². The van der Waals surface area contributed by atoms with Crippen LogP contribution >= 0.6 is 11.3 Å². The van der Waals surface area contributed by atoms with Crippen molar-refractivity contribution < 1.29 is 4.79 Å².